The van der Waals surface area contributed by atoms with E-state index >= 15 is 0 Å². The second kappa shape index (κ2) is 6.90. The van der Waals surface area contributed by atoms with Gasteiger partial charge in [-0.3, -0.25) is 0 Å². The largest absolute Gasteiger partial charge is 0.347 e. The molecule has 2 heterocycles. The molecule has 3 atom stereocenters. The molecule has 1 saturated heterocycles. The van der Waals surface area contributed by atoms with Crippen LogP contribution in [-0.4, -0.2) is 28.6 Å². The number of rotatable bonds is 6. The molecular weight excluding hydrogens is 224 g/mol. The highest BCUT2D eigenvalue weighted by Crippen LogP contribution is 2.16. The van der Waals surface area contributed by atoms with Crippen LogP contribution in [0.25, 0.3) is 0 Å². The summed E-state index contributed by atoms with van der Waals surface area (Å²) in [7, 11) is 0. The normalized spacial score (nSPS) is 23.8. The van der Waals surface area contributed by atoms with Gasteiger partial charge in [0.05, 0.1) is 6.04 Å². The van der Waals surface area contributed by atoms with E-state index in [1.807, 2.05) is 12.4 Å². The van der Waals surface area contributed by atoms with E-state index < -0.39 is 0 Å². The van der Waals surface area contributed by atoms with Gasteiger partial charge in [-0.05, 0) is 39.2 Å². The standard InChI is InChI=1S/C14H26N4/c1-3-13(14-16-8-9-17-14)18-11(2)10-12-6-4-5-7-15-12/h8-9,11-13,15,18H,3-7,10H2,1-2H3,(H,16,17). The molecule has 0 spiro atoms. The van der Waals surface area contributed by atoms with Crippen LogP contribution in [-0.2, 0) is 0 Å². The molecule has 0 saturated carbocycles. The number of hydrogen-bond donors (Lipinski definition) is 3. The fraction of sp³-hybridized carbons (Fsp3) is 0.786. The van der Waals surface area contributed by atoms with Gasteiger partial charge in [0.2, 0.25) is 0 Å². The van der Waals surface area contributed by atoms with Crippen molar-refractivity contribution in [3.63, 3.8) is 0 Å². The zero-order chi connectivity index (χ0) is 12.8. The van der Waals surface area contributed by atoms with Crippen molar-refractivity contribution in [2.24, 2.45) is 0 Å². The quantitative estimate of drug-likeness (QED) is 0.726. The van der Waals surface area contributed by atoms with Gasteiger partial charge in [-0.15, -0.1) is 0 Å². The Kier molecular flexibility index (Phi) is 5.20. The fourth-order valence-corrected chi connectivity index (χ4v) is 2.82. The van der Waals surface area contributed by atoms with Crippen molar-refractivity contribution in [3.05, 3.63) is 18.2 Å². The summed E-state index contributed by atoms with van der Waals surface area (Å²) < 4.78 is 0. The van der Waals surface area contributed by atoms with E-state index in [2.05, 4.69) is 34.4 Å². The van der Waals surface area contributed by atoms with E-state index in [0.717, 1.165) is 12.2 Å². The fourth-order valence-electron chi connectivity index (χ4n) is 2.82. The number of aromatic amines is 1. The topological polar surface area (TPSA) is 52.7 Å². The first kappa shape index (κ1) is 13.6. The first-order valence-corrected chi connectivity index (χ1v) is 7.28. The highest BCUT2D eigenvalue weighted by atomic mass is 15.0. The van der Waals surface area contributed by atoms with E-state index in [1.54, 1.807) is 0 Å². The maximum Gasteiger partial charge on any atom is 0.123 e. The molecule has 0 aromatic carbocycles. The number of hydrogen-bond acceptors (Lipinski definition) is 3. The maximum atomic E-state index is 4.35. The minimum Gasteiger partial charge on any atom is -0.347 e. The molecule has 1 fully saturated rings. The molecule has 1 aromatic heterocycles. The van der Waals surface area contributed by atoms with Crippen molar-refractivity contribution in [2.75, 3.05) is 6.54 Å². The van der Waals surface area contributed by atoms with Gasteiger partial charge in [0, 0.05) is 24.5 Å². The van der Waals surface area contributed by atoms with Gasteiger partial charge < -0.3 is 15.6 Å². The Morgan fingerprint density at radius 1 is 1.50 bits per heavy atom. The SMILES string of the molecule is CCC(NC(C)CC1CCCCN1)c1ncc[nH]1. The summed E-state index contributed by atoms with van der Waals surface area (Å²) in [5.74, 6) is 1.06. The summed E-state index contributed by atoms with van der Waals surface area (Å²) in [4.78, 5) is 7.56. The molecule has 0 aliphatic carbocycles. The molecule has 0 amide bonds. The van der Waals surface area contributed by atoms with Crippen molar-refractivity contribution >= 4 is 0 Å². The predicted molar refractivity (Wildman–Crippen MR) is 74.5 cm³/mol. The van der Waals surface area contributed by atoms with Crippen molar-refractivity contribution in [3.8, 4) is 0 Å². The van der Waals surface area contributed by atoms with Crippen LogP contribution in [0.4, 0.5) is 0 Å². The maximum absolute atomic E-state index is 4.35. The highest BCUT2D eigenvalue weighted by molar-refractivity contribution is 4.96. The molecule has 3 N–H and O–H groups in total. The Morgan fingerprint density at radius 2 is 2.39 bits per heavy atom. The molecule has 2 rings (SSSR count). The van der Waals surface area contributed by atoms with Gasteiger partial charge in [0.25, 0.3) is 0 Å². The lowest BCUT2D eigenvalue weighted by Gasteiger charge is -2.28. The van der Waals surface area contributed by atoms with Crippen molar-refractivity contribution < 1.29 is 0 Å². The second-order valence-corrected chi connectivity index (χ2v) is 5.39. The number of nitrogens with one attached hydrogen (secondary N) is 3. The molecule has 0 bridgehead atoms. The molecule has 1 aliphatic rings. The van der Waals surface area contributed by atoms with Gasteiger partial charge in [-0.2, -0.15) is 0 Å². The molecule has 102 valence electrons. The number of nitrogens with zero attached hydrogens (tertiary/aromatic N) is 1. The van der Waals surface area contributed by atoms with Crippen LogP contribution in [0.5, 0.6) is 0 Å². The molecular formula is C14H26N4. The van der Waals surface area contributed by atoms with Crippen molar-refractivity contribution in [1.29, 1.82) is 0 Å². The third-order valence-corrected chi connectivity index (χ3v) is 3.79. The molecule has 0 radical (unpaired) electrons. The summed E-state index contributed by atoms with van der Waals surface area (Å²) in [5.41, 5.74) is 0. The van der Waals surface area contributed by atoms with Gasteiger partial charge >= 0.3 is 0 Å². The van der Waals surface area contributed by atoms with Gasteiger partial charge in [-0.25, -0.2) is 4.98 Å². The number of aromatic nitrogens is 2. The average Bonchev–Trinajstić information content (AvgIpc) is 2.91. The molecule has 1 aliphatic heterocycles. The molecule has 1 aromatic rings. The van der Waals surface area contributed by atoms with Crippen molar-refractivity contribution in [2.45, 2.75) is 64.1 Å². The van der Waals surface area contributed by atoms with Crippen LogP contribution >= 0.6 is 0 Å². The van der Waals surface area contributed by atoms with Crippen LogP contribution in [0.15, 0.2) is 12.4 Å². The van der Waals surface area contributed by atoms with Gasteiger partial charge in [0.1, 0.15) is 5.82 Å². The Morgan fingerprint density at radius 3 is 3.00 bits per heavy atom. The minimum atomic E-state index is 0.346. The Balaban J connectivity index is 1.79. The predicted octanol–water partition coefficient (Wildman–Crippen LogP) is 2.37. The second-order valence-electron chi connectivity index (χ2n) is 5.39. The summed E-state index contributed by atoms with van der Waals surface area (Å²) in [6.45, 7) is 5.67. The van der Waals surface area contributed by atoms with Crippen LogP contribution < -0.4 is 10.6 Å². The van der Waals surface area contributed by atoms with Gasteiger partial charge in [0.15, 0.2) is 0 Å². The first-order valence-electron chi connectivity index (χ1n) is 7.28. The van der Waals surface area contributed by atoms with Crippen LogP contribution in [0.3, 0.4) is 0 Å². The summed E-state index contributed by atoms with van der Waals surface area (Å²) in [6.07, 6.45) is 10.0. The van der Waals surface area contributed by atoms with Crippen LogP contribution in [0.2, 0.25) is 0 Å². The number of piperidine rings is 1. The van der Waals surface area contributed by atoms with E-state index in [9.17, 15) is 0 Å². The monoisotopic (exact) mass is 250 g/mol. The lowest BCUT2D eigenvalue weighted by Crippen LogP contribution is -2.41. The summed E-state index contributed by atoms with van der Waals surface area (Å²) in [5, 5.41) is 7.30. The zero-order valence-electron chi connectivity index (χ0n) is 11.6. The van der Waals surface area contributed by atoms with E-state index in [4.69, 9.17) is 0 Å². The third kappa shape index (κ3) is 3.82. The van der Waals surface area contributed by atoms with Crippen LogP contribution in [0, 0.1) is 0 Å². The zero-order valence-corrected chi connectivity index (χ0v) is 11.6. The van der Waals surface area contributed by atoms with Crippen LogP contribution in [0.1, 0.15) is 57.8 Å². The molecule has 18 heavy (non-hydrogen) atoms. The van der Waals surface area contributed by atoms with E-state index in [0.29, 0.717) is 18.1 Å². The first-order chi connectivity index (χ1) is 8.79. The third-order valence-electron chi connectivity index (χ3n) is 3.79. The smallest absolute Gasteiger partial charge is 0.123 e. The van der Waals surface area contributed by atoms with E-state index in [-0.39, 0.29) is 0 Å². The lowest BCUT2D eigenvalue weighted by molar-refractivity contribution is 0.325. The Labute approximate surface area is 110 Å². The highest BCUT2D eigenvalue weighted by Gasteiger charge is 2.19. The Bertz CT molecular complexity index is 317. The number of H-pyrrole nitrogens is 1. The minimum absolute atomic E-state index is 0.346. The average molecular weight is 250 g/mol. The number of imidazole rings is 1. The van der Waals surface area contributed by atoms with E-state index in [1.165, 1.54) is 32.2 Å². The summed E-state index contributed by atoms with van der Waals surface area (Å²) >= 11 is 0. The lowest BCUT2D eigenvalue weighted by atomic mass is 9.98. The van der Waals surface area contributed by atoms with Gasteiger partial charge in [-0.1, -0.05) is 13.3 Å². The molecule has 4 heteroatoms. The Hall–Kier alpha value is -0.870. The molecule has 4 nitrogen and oxygen atoms in total. The van der Waals surface area contributed by atoms with Crippen molar-refractivity contribution in [1.82, 2.24) is 20.6 Å². The summed E-state index contributed by atoms with van der Waals surface area (Å²) in [6, 6.07) is 1.56. The molecule has 3 unspecified atom stereocenters.